The number of nitrogens with zero attached hydrogens (tertiary/aromatic N) is 3. The van der Waals surface area contributed by atoms with E-state index < -0.39 is 10.0 Å². The van der Waals surface area contributed by atoms with Crippen LogP contribution in [0.4, 0.5) is 5.69 Å². The van der Waals surface area contributed by atoms with Crippen LogP contribution < -0.4 is 5.32 Å². The average molecular weight is 461 g/mol. The summed E-state index contributed by atoms with van der Waals surface area (Å²) in [5.41, 5.74) is 3.52. The molecule has 1 aliphatic heterocycles. The van der Waals surface area contributed by atoms with E-state index in [0.29, 0.717) is 24.3 Å². The Morgan fingerprint density at radius 2 is 1.70 bits per heavy atom. The molecule has 1 fully saturated rings. The van der Waals surface area contributed by atoms with E-state index in [0.717, 1.165) is 35.4 Å². The molecule has 1 aliphatic rings. The lowest BCUT2D eigenvalue weighted by molar-refractivity contribution is 0.102. The van der Waals surface area contributed by atoms with Crippen LogP contribution >= 0.6 is 0 Å². The number of imidazole rings is 1. The first-order chi connectivity index (χ1) is 15.9. The fraction of sp³-hybridized carbons (Fsp3) is 0.200. The van der Waals surface area contributed by atoms with E-state index in [1.165, 1.54) is 10.4 Å². The number of fused-ring (bicyclic) bond motifs is 1. The second-order valence-corrected chi connectivity index (χ2v) is 10.1. The number of aryl methyl sites for hydroxylation is 1. The molecule has 0 radical (unpaired) electrons. The summed E-state index contributed by atoms with van der Waals surface area (Å²) >= 11 is 0. The van der Waals surface area contributed by atoms with Crippen molar-refractivity contribution in [3.8, 4) is 5.69 Å². The van der Waals surface area contributed by atoms with Gasteiger partial charge in [0.15, 0.2) is 0 Å². The topological polar surface area (TPSA) is 84.3 Å². The van der Waals surface area contributed by atoms with Gasteiger partial charge in [-0.05, 0) is 68.3 Å². The molecule has 0 spiro atoms. The molecule has 0 saturated carbocycles. The highest BCUT2D eigenvalue weighted by Gasteiger charge is 2.27. The van der Waals surface area contributed by atoms with Gasteiger partial charge in [0.1, 0.15) is 5.82 Å². The van der Waals surface area contributed by atoms with Crippen molar-refractivity contribution < 1.29 is 13.2 Å². The number of hydrogen-bond donors (Lipinski definition) is 1. The summed E-state index contributed by atoms with van der Waals surface area (Å²) in [5, 5.41) is 2.82. The van der Waals surface area contributed by atoms with Crippen LogP contribution in [0, 0.1) is 6.92 Å². The van der Waals surface area contributed by atoms with Crippen LogP contribution in [0.15, 0.2) is 77.7 Å². The van der Waals surface area contributed by atoms with Crippen LogP contribution in [0.3, 0.4) is 0 Å². The van der Waals surface area contributed by atoms with Crippen molar-refractivity contribution in [1.82, 2.24) is 13.9 Å². The van der Waals surface area contributed by atoms with Gasteiger partial charge in [-0.2, -0.15) is 4.31 Å². The molecule has 1 aromatic heterocycles. The zero-order valence-corrected chi connectivity index (χ0v) is 19.0. The van der Waals surface area contributed by atoms with Crippen LogP contribution in [0.5, 0.6) is 0 Å². The zero-order valence-electron chi connectivity index (χ0n) is 18.2. The minimum absolute atomic E-state index is 0.190. The highest BCUT2D eigenvalue weighted by molar-refractivity contribution is 7.89. The van der Waals surface area contributed by atoms with Crippen LogP contribution in [0.2, 0.25) is 0 Å². The third-order valence-corrected chi connectivity index (χ3v) is 7.79. The summed E-state index contributed by atoms with van der Waals surface area (Å²) in [7, 11) is -3.55. The summed E-state index contributed by atoms with van der Waals surface area (Å²) in [6.07, 6.45) is 1.75. The number of sulfonamides is 1. The Bertz CT molecular complexity index is 1440. The molecule has 168 valence electrons. The van der Waals surface area contributed by atoms with Gasteiger partial charge in [-0.15, -0.1) is 0 Å². The van der Waals surface area contributed by atoms with Gasteiger partial charge in [0.25, 0.3) is 5.91 Å². The Morgan fingerprint density at radius 1 is 0.939 bits per heavy atom. The monoisotopic (exact) mass is 460 g/mol. The van der Waals surface area contributed by atoms with Crippen LogP contribution in [-0.2, 0) is 10.0 Å². The highest BCUT2D eigenvalue weighted by Crippen LogP contribution is 2.25. The number of carbonyl (C=O) groups is 1. The Labute approximate surface area is 192 Å². The van der Waals surface area contributed by atoms with Crippen LogP contribution in [0.1, 0.15) is 29.0 Å². The molecule has 4 aromatic rings. The van der Waals surface area contributed by atoms with E-state index in [9.17, 15) is 13.2 Å². The maximum absolute atomic E-state index is 12.9. The molecule has 0 bridgehead atoms. The molecule has 1 saturated heterocycles. The van der Waals surface area contributed by atoms with Gasteiger partial charge in [-0.1, -0.05) is 24.3 Å². The number of amides is 1. The standard InChI is InChI=1S/C25H24N4O3S/c1-18-26-23-16-19(12-13-24(23)29(18)21-9-3-2-4-10-21)25(30)27-20-8-7-11-22(17-20)33(31,32)28-14-5-6-15-28/h2-4,7-13,16-17H,5-6,14-15H2,1H3,(H,27,30). The molecule has 7 nitrogen and oxygen atoms in total. The number of anilines is 1. The van der Waals surface area contributed by atoms with Crippen molar-refractivity contribution in [2.24, 2.45) is 0 Å². The van der Waals surface area contributed by atoms with Gasteiger partial charge in [0.2, 0.25) is 10.0 Å². The number of aromatic nitrogens is 2. The van der Waals surface area contributed by atoms with E-state index in [2.05, 4.69) is 10.3 Å². The largest absolute Gasteiger partial charge is 0.322 e. The van der Waals surface area contributed by atoms with Gasteiger partial charge in [-0.3, -0.25) is 9.36 Å². The Kier molecular flexibility index (Phi) is 5.47. The Hall–Kier alpha value is -3.49. The Morgan fingerprint density at radius 3 is 2.45 bits per heavy atom. The van der Waals surface area contributed by atoms with E-state index in [-0.39, 0.29) is 10.8 Å². The van der Waals surface area contributed by atoms with Gasteiger partial charge in [0.05, 0.1) is 15.9 Å². The predicted octanol–water partition coefficient (Wildman–Crippen LogP) is 4.37. The minimum Gasteiger partial charge on any atom is -0.322 e. The molecular formula is C25H24N4O3S. The van der Waals surface area contributed by atoms with Crippen molar-refractivity contribution in [2.45, 2.75) is 24.7 Å². The molecule has 33 heavy (non-hydrogen) atoms. The van der Waals surface area contributed by atoms with E-state index in [1.54, 1.807) is 30.3 Å². The Balaban J connectivity index is 1.41. The lowest BCUT2D eigenvalue weighted by atomic mass is 10.1. The van der Waals surface area contributed by atoms with Crippen molar-refractivity contribution >= 4 is 32.7 Å². The summed E-state index contributed by atoms with van der Waals surface area (Å²) < 4.78 is 29.2. The fourth-order valence-electron chi connectivity index (χ4n) is 4.26. The molecule has 8 heteroatoms. The van der Waals surface area contributed by atoms with Crippen molar-refractivity contribution in [3.63, 3.8) is 0 Å². The first kappa shape index (κ1) is 21.4. The maximum atomic E-state index is 12.9. The third kappa shape index (κ3) is 4.03. The van der Waals surface area contributed by atoms with E-state index >= 15 is 0 Å². The number of para-hydroxylation sites is 1. The normalized spacial score (nSPS) is 14.6. The molecule has 0 aliphatic carbocycles. The minimum atomic E-state index is -3.55. The van der Waals surface area contributed by atoms with Gasteiger partial charge in [-0.25, -0.2) is 13.4 Å². The zero-order chi connectivity index (χ0) is 23.0. The molecule has 2 heterocycles. The third-order valence-electron chi connectivity index (χ3n) is 5.89. The predicted molar refractivity (Wildman–Crippen MR) is 128 cm³/mol. The van der Waals surface area contributed by atoms with Crippen LogP contribution in [-0.4, -0.2) is 41.3 Å². The lowest BCUT2D eigenvalue weighted by Gasteiger charge is -2.16. The molecule has 0 atom stereocenters. The quantitative estimate of drug-likeness (QED) is 0.479. The number of nitrogens with one attached hydrogen (secondary N) is 1. The smallest absolute Gasteiger partial charge is 0.255 e. The van der Waals surface area contributed by atoms with Gasteiger partial charge >= 0.3 is 0 Å². The number of carbonyl (C=O) groups excluding carboxylic acids is 1. The first-order valence-corrected chi connectivity index (χ1v) is 12.3. The second kappa shape index (κ2) is 8.46. The lowest BCUT2D eigenvalue weighted by Crippen LogP contribution is -2.27. The molecule has 5 rings (SSSR count). The second-order valence-electron chi connectivity index (χ2n) is 8.13. The summed E-state index contributed by atoms with van der Waals surface area (Å²) in [6, 6.07) is 21.7. The molecule has 0 unspecified atom stereocenters. The number of hydrogen-bond acceptors (Lipinski definition) is 4. The average Bonchev–Trinajstić information content (AvgIpc) is 3.47. The molecule has 3 aromatic carbocycles. The summed E-state index contributed by atoms with van der Waals surface area (Å²) in [6.45, 7) is 3.00. The van der Waals surface area contributed by atoms with Crippen molar-refractivity contribution in [2.75, 3.05) is 18.4 Å². The maximum Gasteiger partial charge on any atom is 0.255 e. The number of benzene rings is 3. The van der Waals surface area contributed by atoms with Gasteiger partial charge in [0, 0.05) is 30.0 Å². The van der Waals surface area contributed by atoms with Crippen molar-refractivity contribution in [1.29, 1.82) is 0 Å². The molecule has 1 amide bonds. The SMILES string of the molecule is Cc1nc2cc(C(=O)Nc3cccc(S(=O)(=O)N4CCCC4)c3)ccc2n1-c1ccccc1. The van der Waals surface area contributed by atoms with E-state index in [4.69, 9.17) is 0 Å². The summed E-state index contributed by atoms with van der Waals surface area (Å²) in [5.74, 6) is 0.508. The molecular weight excluding hydrogens is 436 g/mol. The summed E-state index contributed by atoms with van der Waals surface area (Å²) in [4.78, 5) is 17.7. The molecule has 1 N–H and O–H groups in total. The van der Waals surface area contributed by atoms with Crippen LogP contribution in [0.25, 0.3) is 16.7 Å². The fourth-order valence-corrected chi connectivity index (χ4v) is 5.82. The number of rotatable bonds is 5. The highest BCUT2D eigenvalue weighted by atomic mass is 32.2. The van der Waals surface area contributed by atoms with Crippen molar-refractivity contribution in [3.05, 3.63) is 84.2 Å². The van der Waals surface area contributed by atoms with Gasteiger partial charge < -0.3 is 5.32 Å². The van der Waals surface area contributed by atoms with E-state index in [1.807, 2.05) is 47.9 Å². The first-order valence-electron chi connectivity index (χ1n) is 10.9.